The molecule has 4 aromatic heterocycles. The number of nitrogens with zero attached hydrogens (tertiary/aromatic N) is 8. The maximum Gasteiger partial charge on any atom is 0.407 e. The lowest BCUT2D eigenvalue weighted by molar-refractivity contribution is -0.148. The summed E-state index contributed by atoms with van der Waals surface area (Å²) in [6, 6.07) is 0.220. The maximum atomic E-state index is 13.5. The highest BCUT2D eigenvalue weighted by atomic mass is 16.6. The zero-order valence-electron chi connectivity index (χ0n) is 87.3. The van der Waals surface area contributed by atoms with Crippen LogP contribution in [0.3, 0.4) is 0 Å². The highest BCUT2D eigenvalue weighted by Crippen LogP contribution is 2.64. The van der Waals surface area contributed by atoms with Crippen LogP contribution in [-0.4, -0.2) is 209 Å². The molecule has 20 rings (SSSR count). The monoisotopic (exact) mass is 1970 g/mol. The molecule has 37 heteroatoms. The molecule has 8 unspecified atom stereocenters. The second-order valence-corrected chi connectivity index (χ2v) is 47.5. The van der Waals surface area contributed by atoms with Crippen molar-refractivity contribution in [3.63, 3.8) is 0 Å². The SMILES string of the molecule is CC(=O)NC(C)(C)/C=C/n1ncc(C(=O)NC2C3CC4CC2CC(C(N)=O)(C4)C3)c1OCC(C)C.CC(=O)NC(C)(C)/C=C/n1ncc(C(=O)NC2C3CC4CC2CC(CO)(C4)C3)c1OCC(C)C.CNC(=O)C12CC3CC(C1)C(NC(=O)c1cnn(/C=C/C(C)(C)NC(C)=O)c1OCC(C)C)C(C3)C2.COC(=O)NC(C)(C)/C=C/n1ncc(C(=O)NC2C3CC4CC2CC(OC(N)=O)(C4)C3)c1OCC(C)C. The molecule has 782 valence electrons. The molecule has 16 aliphatic rings. The quantitative estimate of drug-likeness (QED) is 0.0201. The average molecular weight is 1980 g/mol. The molecule has 16 bridgehead atoms. The van der Waals surface area contributed by atoms with Crippen LogP contribution in [0.1, 0.15) is 301 Å². The summed E-state index contributed by atoms with van der Waals surface area (Å²) in [5.74, 6) is 6.13. The molecule has 14 N–H and O–H groups in total. The lowest BCUT2D eigenvalue weighted by Gasteiger charge is -2.59. The fraction of sp³-hybridized carbons (Fsp3) is 0.705. The van der Waals surface area contributed by atoms with Crippen LogP contribution in [0.4, 0.5) is 9.59 Å². The normalized spacial score (nSPS) is 29.3. The number of carbonyl (C=O) groups excluding carboxylic acids is 11. The Balaban J connectivity index is 0.000000159. The predicted molar refractivity (Wildman–Crippen MR) is 535 cm³/mol. The molecule has 4 heterocycles. The topological polar surface area (TPSA) is 495 Å². The van der Waals surface area contributed by atoms with E-state index in [1.807, 2.05) is 115 Å². The second-order valence-electron chi connectivity index (χ2n) is 47.5. The molecule has 4 aromatic rings. The van der Waals surface area contributed by atoms with Crippen LogP contribution in [0.5, 0.6) is 23.5 Å². The van der Waals surface area contributed by atoms with Crippen LogP contribution in [-0.2, 0) is 33.4 Å². The summed E-state index contributed by atoms with van der Waals surface area (Å²) < 4.78 is 40.6. The van der Waals surface area contributed by atoms with Gasteiger partial charge in [-0.15, -0.1) is 0 Å². The number of amides is 11. The van der Waals surface area contributed by atoms with Gasteiger partial charge in [0.25, 0.3) is 23.6 Å². The summed E-state index contributed by atoms with van der Waals surface area (Å²) in [6.07, 6.45) is 37.9. The highest BCUT2D eigenvalue weighted by Gasteiger charge is 2.62. The zero-order valence-corrected chi connectivity index (χ0v) is 87.3. The van der Waals surface area contributed by atoms with E-state index in [0.29, 0.717) is 120 Å². The number of hydrogen-bond acceptors (Lipinski definition) is 22. The van der Waals surface area contributed by atoms with E-state index in [1.165, 1.54) is 45.0 Å². The molecule has 16 saturated carbocycles. The molecule has 0 spiro atoms. The number of methoxy groups -OCH3 is 1. The minimum atomic E-state index is -0.722. The van der Waals surface area contributed by atoms with Gasteiger partial charge in [0.2, 0.25) is 53.1 Å². The first-order valence-electron chi connectivity index (χ1n) is 51.4. The van der Waals surface area contributed by atoms with Crippen molar-refractivity contribution < 1.29 is 86.3 Å². The smallest absolute Gasteiger partial charge is 0.407 e. The number of primary amides is 2. The number of aromatic nitrogens is 8. The zero-order chi connectivity index (χ0) is 103. The summed E-state index contributed by atoms with van der Waals surface area (Å²) in [7, 11) is 3.03. The van der Waals surface area contributed by atoms with Crippen LogP contribution in [0, 0.1) is 111 Å². The van der Waals surface area contributed by atoms with Crippen molar-refractivity contribution in [2.75, 3.05) is 47.2 Å². The average Bonchev–Trinajstić information content (AvgIpc) is 0.748. The first-order valence-corrected chi connectivity index (χ1v) is 51.4. The molecule has 0 aliphatic heterocycles. The lowest BCUT2D eigenvalue weighted by atomic mass is 9.47. The van der Waals surface area contributed by atoms with Crippen molar-refractivity contribution in [1.82, 2.24) is 87.0 Å². The molecule has 0 radical (unpaired) electrons. The number of nitrogens with one attached hydrogen (secondary N) is 9. The Morgan fingerprint density at radius 2 is 0.669 bits per heavy atom. The van der Waals surface area contributed by atoms with Gasteiger partial charge in [-0.3, -0.25) is 43.2 Å². The summed E-state index contributed by atoms with van der Waals surface area (Å²) in [5, 5.41) is 55.0. The Morgan fingerprint density at radius 3 is 0.937 bits per heavy atom. The Morgan fingerprint density at radius 1 is 0.401 bits per heavy atom. The van der Waals surface area contributed by atoms with Crippen molar-refractivity contribution >= 4 is 90.2 Å². The van der Waals surface area contributed by atoms with E-state index in [9.17, 15) is 57.8 Å². The summed E-state index contributed by atoms with van der Waals surface area (Å²) in [6.45, 7) is 37.7. The highest BCUT2D eigenvalue weighted by molar-refractivity contribution is 5.99. The van der Waals surface area contributed by atoms with E-state index >= 15 is 0 Å². The number of aliphatic hydroxyl groups excluding tert-OH is 1. The van der Waals surface area contributed by atoms with Gasteiger partial charge in [0, 0.05) is 88.8 Å². The molecule has 37 nitrogen and oxygen atoms in total. The third-order valence-corrected chi connectivity index (χ3v) is 31.1. The first-order chi connectivity index (χ1) is 66.7. The van der Waals surface area contributed by atoms with Gasteiger partial charge in [-0.2, -0.15) is 20.4 Å². The molecule has 8 atom stereocenters. The van der Waals surface area contributed by atoms with Crippen molar-refractivity contribution in [3.05, 3.63) is 71.3 Å². The number of alkyl carbamates (subject to hydrolysis) is 1. The largest absolute Gasteiger partial charge is 0.477 e. The van der Waals surface area contributed by atoms with Crippen LogP contribution < -0.4 is 78.3 Å². The van der Waals surface area contributed by atoms with Crippen molar-refractivity contribution in [2.45, 2.75) is 312 Å². The van der Waals surface area contributed by atoms with Crippen LogP contribution in [0.15, 0.2) is 49.1 Å². The second kappa shape index (κ2) is 43.7. The van der Waals surface area contributed by atoms with Crippen LogP contribution in [0.2, 0.25) is 0 Å². The summed E-state index contributed by atoms with van der Waals surface area (Å²) in [5.41, 5.74) is 9.18. The molecule has 11 amide bonds. The van der Waals surface area contributed by atoms with Gasteiger partial charge in [0.1, 0.15) is 27.9 Å². The Bertz CT molecular complexity index is 5310. The molecular weight excluding hydrogens is 1820 g/mol. The van der Waals surface area contributed by atoms with Gasteiger partial charge >= 0.3 is 12.2 Å². The standard InChI is InChI=1S/C27H41N5O4.C26H39N5O6.C26H39N5O4.C26H40N4O4/c1-16(2)15-36-24-21(14-29-32(24)8-7-26(4,5)31-17(3)33)23(34)30-22-19-9-18-10-20(22)13-27(11-18,12-19)25(35)28-6;1-15(2)14-36-22-19(13-28-31(22)7-6-25(3,4)30-24(34)35-5)21(32)29-20-17-8-16-9-18(20)12-26(10-16,11-17)37-23(27)33;1-15(2)14-35-23-20(13-28-31(23)7-6-25(4,5)30-16(3)32)22(33)29-21-18-8-17-9-19(21)12-26(10-17,11-18)24(27)34;1-16(2)14-34-24-21(13-27-30(24)7-6-25(4,5)29-17(3)32)23(33)28-22-19-8-18-9-20(22)12-26(10-18,11-19)15-31/h7-8,14,16,18-20,22H,9-13,15H2,1-6H3,(H,28,35)(H,30,34)(H,31,33);6-7,13,15-18,20H,8-12,14H2,1-5H3,(H2,27,33)(H,29,32)(H,30,34);6-7,13,15,17-19,21H,8-12,14H2,1-5H3,(H2,27,34)(H,29,33)(H,30,32);6-7,13,16,18-20,22,31H,8-12,14-15H2,1-5H3,(H,28,33)(H,29,32)/b8-7+;3*7-6+. The number of ether oxygens (including phenoxy) is 6. The van der Waals surface area contributed by atoms with E-state index in [-0.39, 0.29) is 148 Å². The molecular formula is C105H159N19O18. The summed E-state index contributed by atoms with van der Waals surface area (Å²) in [4.78, 5) is 137. The molecule has 0 aromatic carbocycles. The molecule has 0 saturated heterocycles. The van der Waals surface area contributed by atoms with Gasteiger partial charge in [-0.05, 0) is 308 Å². The first kappa shape index (κ1) is 108. The Kier molecular flexibility index (Phi) is 33.3. The van der Waals surface area contributed by atoms with Gasteiger partial charge in [0.15, 0.2) is 0 Å². The fourth-order valence-electron chi connectivity index (χ4n) is 26.3. The van der Waals surface area contributed by atoms with Crippen LogP contribution in [0.25, 0.3) is 24.8 Å². The summed E-state index contributed by atoms with van der Waals surface area (Å²) >= 11 is 0. The minimum Gasteiger partial charge on any atom is -0.477 e. The minimum absolute atomic E-state index is 0.00585. The van der Waals surface area contributed by atoms with E-state index in [4.69, 9.17) is 35.2 Å². The van der Waals surface area contributed by atoms with Crippen molar-refractivity contribution in [2.24, 2.45) is 122 Å². The van der Waals surface area contributed by atoms with Gasteiger partial charge < -0.3 is 92.8 Å². The van der Waals surface area contributed by atoms with E-state index in [1.54, 1.807) is 64.4 Å². The third kappa shape index (κ3) is 25.9. The molecule has 142 heavy (non-hydrogen) atoms. The molecule has 16 fully saturated rings. The van der Waals surface area contributed by atoms with Gasteiger partial charge in [-0.1, -0.05) is 55.4 Å². The third-order valence-electron chi connectivity index (χ3n) is 31.1. The molecule has 16 aliphatic carbocycles. The number of aliphatic hydroxyl groups is 1. The van der Waals surface area contributed by atoms with Crippen molar-refractivity contribution in [1.29, 1.82) is 0 Å². The van der Waals surface area contributed by atoms with Gasteiger partial charge in [0.05, 0.1) is 85.9 Å². The van der Waals surface area contributed by atoms with E-state index in [2.05, 4.69) is 86.8 Å². The number of rotatable bonds is 36. The van der Waals surface area contributed by atoms with E-state index < -0.39 is 39.9 Å². The fourth-order valence-corrected chi connectivity index (χ4v) is 26.3. The Labute approximate surface area is 835 Å². The predicted octanol–water partition coefficient (Wildman–Crippen LogP) is 12.2. The lowest BCUT2D eigenvalue weighted by Crippen LogP contribution is -2.63. The van der Waals surface area contributed by atoms with Crippen LogP contribution >= 0.6 is 0 Å². The number of carbonyl (C=O) groups is 11. The number of nitrogens with two attached hydrogens (primary N) is 2. The van der Waals surface area contributed by atoms with Gasteiger partial charge in [-0.25, -0.2) is 28.3 Å². The maximum absolute atomic E-state index is 13.5. The van der Waals surface area contributed by atoms with Crippen molar-refractivity contribution in [3.8, 4) is 23.5 Å². The Hall–Kier alpha value is -11.3. The number of hydrogen-bond donors (Lipinski definition) is 12. The van der Waals surface area contributed by atoms with E-state index in [0.717, 1.165) is 128 Å².